The standard InChI is InChI=1S/C21H20N8O3S2/c30-17(25-26-19(31)12-5-7-13(8-6-12)29-11-22-27-28-29)10-33-9-16-23-20(32)18-14-3-1-2-4-15(14)34-21(18)24-16/h5-8,11H,1-4,9-10H2,(H,25,30)(H,26,31)(H,23,24,32). The molecule has 13 heteroatoms. The zero-order valence-electron chi connectivity index (χ0n) is 17.9. The highest BCUT2D eigenvalue weighted by Crippen LogP contribution is 2.33. The number of thiophene rings is 1. The number of hydrogen-bond acceptors (Lipinski definition) is 9. The van der Waals surface area contributed by atoms with Crippen LogP contribution in [0.5, 0.6) is 0 Å². The van der Waals surface area contributed by atoms with E-state index in [0.717, 1.165) is 41.5 Å². The Bertz CT molecular complexity index is 1400. The summed E-state index contributed by atoms with van der Waals surface area (Å²) >= 11 is 2.90. The maximum absolute atomic E-state index is 12.6. The van der Waals surface area contributed by atoms with Crippen LogP contribution in [0.1, 0.15) is 39.5 Å². The van der Waals surface area contributed by atoms with Crippen LogP contribution in [-0.2, 0) is 23.4 Å². The number of benzene rings is 1. The molecule has 0 bridgehead atoms. The first-order chi connectivity index (χ1) is 16.6. The van der Waals surface area contributed by atoms with Crippen LogP contribution >= 0.6 is 23.1 Å². The van der Waals surface area contributed by atoms with E-state index in [1.165, 1.54) is 27.6 Å². The molecule has 0 aliphatic heterocycles. The predicted molar refractivity (Wildman–Crippen MR) is 128 cm³/mol. The van der Waals surface area contributed by atoms with E-state index in [2.05, 4.69) is 36.3 Å². The number of nitrogens with zero attached hydrogens (tertiary/aromatic N) is 5. The number of aryl methyl sites for hydroxylation is 2. The number of rotatable bonds is 6. The summed E-state index contributed by atoms with van der Waals surface area (Å²) in [6.45, 7) is 0. The van der Waals surface area contributed by atoms with Crippen molar-refractivity contribution in [2.75, 3.05) is 5.75 Å². The van der Waals surface area contributed by atoms with Gasteiger partial charge in [-0.3, -0.25) is 25.2 Å². The zero-order valence-corrected chi connectivity index (χ0v) is 19.5. The number of hydrogen-bond donors (Lipinski definition) is 3. The third kappa shape index (κ3) is 4.70. The van der Waals surface area contributed by atoms with E-state index in [1.54, 1.807) is 35.6 Å². The van der Waals surface area contributed by atoms with E-state index in [-0.39, 0.29) is 17.2 Å². The number of aromatic nitrogens is 6. The van der Waals surface area contributed by atoms with Gasteiger partial charge in [-0.2, -0.15) is 0 Å². The van der Waals surface area contributed by atoms with Crippen molar-refractivity contribution in [3.63, 3.8) is 0 Å². The van der Waals surface area contributed by atoms with Crippen molar-refractivity contribution >= 4 is 45.1 Å². The molecule has 0 saturated carbocycles. The second-order valence-electron chi connectivity index (χ2n) is 7.70. The van der Waals surface area contributed by atoms with Crippen LogP contribution in [0.2, 0.25) is 0 Å². The summed E-state index contributed by atoms with van der Waals surface area (Å²) in [5.41, 5.74) is 6.91. The normalized spacial score (nSPS) is 12.9. The number of carbonyl (C=O) groups is 2. The van der Waals surface area contributed by atoms with Crippen molar-refractivity contribution in [3.8, 4) is 5.69 Å². The molecule has 1 aliphatic carbocycles. The van der Waals surface area contributed by atoms with Crippen LogP contribution in [0.15, 0.2) is 35.4 Å². The SMILES string of the molecule is O=C(CSCc1nc2sc3c(c2c(=O)[nH]1)CCCC3)NNC(=O)c1ccc(-n2cnnn2)cc1. The molecule has 11 nitrogen and oxygen atoms in total. The molecule has 2 amide bonds. The number of thioether (sulfide) groups is 1. The Kier molecular flexibility index (Phi) is 6.36. The molecule has 0 fully saturated rings. The van der Waals surface area contributed by atoms with E-state index in [9.17, 15) is 14.4 Å². The Morgan fingerprint density at radius 3 is 2.76 bits per heavy atom. The fraction of sp³-hybridized carbons (Fsp3) is 0.286. The van der Waals surface area contributed by atoms with Gasteiger partial charge in [-0.25, -0.2) is 9.67 Å². The monoisotopic (exact) mass is 496 g/mol. The number of aromatic amines is 1. The second kappa shape index (κ2) is 9.73. The first-order valence-corrected chi connectivity index (χ1v) is 12.6. The largest absolute Gasteiger partial charge is 0.309 e. The number of tetrazole rings is 1. The Morgan fingerprint density at radius 1 is 1.15 bits per heavy atom. The third-order valence-electron chi connectivity index (χ3n) is 5.40. The van der Waals surface area contributed by atoms with E-state index < -0.39 is 5.91 Å². The topological polar surface area (TPSA) is 148 Å². The average molecular weight is 497 g/mol. The first-order valence-electron chi connectivity index (χ1n) is 10.6. The molecular formula is C21H20N8O3S2. The Balaban J connectivity index is 1.11. The maximum Gasteiger partial charge on any atom is 0.269 e. The minimum Gasteiger partial charge on any atom is -0.309 e. The summed E-state index contributed by atoms with van der Waals surface area (Å²) in [7, 11) is 0. The van der Waals surface area contributed by atoms with Crippen molar-refractivity contribution in [1.29, 1.82) is 0 Å². The van der Waals surface area contributed by atoms with Gasteiger partial charge in [-0.15, -0.1) is 28.2 Å². The summed E-state index contributed by atoms with van der Waals surface area (Å²) in [5, 5.41) is 11.6. The average Bonchev–Trinajstić information content (AvgIpc) is 3.51. The molecule has 4 aromatic rings. The molecule has 5 rings (SSSR count). The lowest BCUT2D eigenvalue weighted by Gasteiger charge is -2.09. The van der Waals surface area contributed by atoms with Crippen LogP contribution in [-0.4, -0.2) is 47.7 Å². The molecule has 0 atom stereocenters. The lowest BCUT2D eigenvalue weighted by molar-refractivity contribution is -0.119. The number of nitrogens with one attached hydrogen (secondary N) is 3. The molecule has 0 saturated heterocycles. The van der Waals surface area contributed by atoms with E-state index in [1.807, 2.05) is 0 Å². The van der Waals surface area contributed by atoms with Gasteiger partial charge in [-0.05, 0) is 65.9 Å². The van der Waals surface area contributed by atoms with Gasteiger partial charge in [0.2, 0.25) is 5.91 Å². The van der Waals surface area contributed by atoms with Crippen LogP contribution in [0.4, 0.5) is 0 Å². The number of amides is 2. The fourth-order valence-corrected chi connectivity index (χ4v) is 5.77. The smallest absolute Gasteiger partial charge is 0.269 e. The molecule has 174 valence electrons. The fourth-order valence-electron chi connectivity index (χ4n) is 3.80. The first kappa shape index (κ1) is 22.2. The molecular weight excluding hydrogens is 476 g/mol. The van der Waals surface area contributed by atoms with Crippen LogP contribution in [0, 0.1) is 0 Å². The van der Waals surface area contributed by atoms with Crippen LogP contribution in [0.25, 0.3) is 15.9 Å². The minimum atomic E-state index is -0.445. The third-order valence-corrected chi connectivity index (χ3v) is 7.53. The number of hydrazine groups is 1. The second-order valence-corrected chi connectivity index (χ2v) is 9.77. The summed E-state index contributed by atoms with van der Waals surface area (Å²) in [6.07, 6.45) is 5.65. The van der Waals surface area contributed by atoms with E-state index >= 15 is 0 Å². The Labute approximate surface area is 201 Å². The highest BCUT2D eigenvalue weighted by Gasteiger charge is 2.19. The lowest BCUT2D eigenvalue weighted by atomic mass is 9.97. The van der Waals surface area contributed by atoms with Crippen molar-refractivity contribution in [1.82, 2.24) is 41.0 Å². The minimum absolute atomic E-state index is 0.0984. The van der Waals surface area contributed by atoms with Gasteiger partial charge >= 0.3 is 0 Å². The molecule has 3 heterocycles. The molecule has 3 N–H and O–H groups in total. The maximum atomic E-state index is 12.6. The van der Waals surface area contributed by atoms with Gasteiger partial charge < -0.3 is 4.98 Å². The number of H-pyrrole nitrogens is 1. The zero-order chi connectivity index (χ0) is 23.5. The van der Waals surface area contributed by atoms with Gasteiger partial charge in [0.1, 0.15) is 17.0 Å². The molecule has 1 aromatic carbocycles. The number of fused-ring (bicyclic) bond motifs is 3. The van der Waals surface area contributed by atoms with Crippen molar-refractivity contribution in [2.24, 2.45) is 0 Å². The van der Waals surface area contributed by atoms with Gasteiger partial charge in [0.25, 0.3) is 11.5 Å². The van der Waals surface area contributed by atoms with Crippen LogP contribution in [0.3, 0.4) is 0 Å². The Hall–Kier alpha value is -3.58. The summed E-state index contributed by atoms with van der Waals surface area (Å²) in [6, 6.07) is 6.59. The Morgan fingerprint density at radius 2 is 1.97 bits per heavy atom. The summed E-state index contributed by atoms with van der Waals surface area (Å²) in [4.78, 5) is 46.5. The van der Waals surface area contributed by atoms with Crippen molar-refractivity contribution < 1.29 is 9.59 Å². The summed E-state index contributed by atoms with van der Waals surface area (Å²) < 4.78 is 1.47. The highest BCUT2D eigenvalue weighted by atomic mass is 32.2. The molecule has 0 spiro atoms. The molecule has 1 aliphatic rings. The van der Waals surface area contributed by atoms with Gasteiger partial charge in [0.05, 0.1) is 22.6 Å². The molecule has 0 unspecified atom stereocenters. The van der Waals surface area contributed by atoms with Gasteiger partial charge in [0.15, 0.2) is 0 Å². The molecule has 34 heavy (non-hydrogen) atoms. The van der Waals surface area contributed by atoms with Gasteiger partial charge in [0, 0.05) is 10.4 Å². The lowest BCUT2D eigenvalue weighted by Crippen LogP contribution is -2.42. The quantitative estimate of drug-likeness (QED) is 0.341. The van der Waals surface area contributed by atoms with Crippen LogP contribution < -0.4 is 16.4 Å². The highest BCUT2D eigenvalue weighted by molar-refractivity contribution is 7.99. The van der Waals surface area contributed by atoms with E-state index in [0.29, 0.717) is 22.8 Å². The number of carbonyl (C=O) groups excluding carboxylic acids is 2. The predicted octanol–water partition coefficient (Wildman–Crippen LogP) is 1.53. The molecule has 3 aromatic heterocycles. The molecule has 0 radical (unpaired) electrons. The van der Waals surface area contributed by atoms with Crippen molar-refractivity contribution in [3.05, 3.63) is 62.8 Å². The summed E-state index contributed by atoms with van der Waals surface area (Å²) in [5.74, 6) is 0.216. The van der Waals surface area contributed by atoms with Crippen molar-refractivity contribution in [2.45, 2.75) is 31.4 Å². The van der Waals surface area contributed by atoms with Gasteiger partial charge in [-0.1, -0.05) is 0 Å². The van der Waals surface area contributed by atoms with E-state index in [4.69, 9.17) is 0 Å².